The van der Waals surface area contributed by atoms with Gasteiger partial charge in [0.15, 0.2) is 0 Å². The number of nitrogens with zero attached hydrogens (tertiary/aromatic N) is 3. The van der Waals surface area contributed by atoms with Crippen molar-refractivity contribution >= 4 is 23.1 Å². The molecule has 1 aliphatic carbocycles. The fraction of sp³-hybridized carbons (Fsp3) is 0.375. The molecule has 0 saturated heterocycles. The first-order chi connectivity index (χ1) is 24.8. The number of benzene rings is 4. The van der Waals surface area contributed by atoms with Crippen molar-refractivity contribution in [3.8, 4) is 11.5 Å². The molecule has 0 N–H and O–H groups in total. The molecule has 3 aliphatic rings. The van der Waals surface area contributed by atoms with Gasteiger partial charge in [0, 0.05) is 28.8 Å². The van der Waals surface area contributed by atoms with Crippen LogP contribution in [0.15, 0.2) is 77.9 Å². The SMILES string of the molecule is Cc1cc(C)c2c(c1)[C@@]1(C)N=C(c3[c-]c(Oc4[c-]c5c(cc4)C(C)(C)c4ccccc4N5c4cc(C(C)(C)C)ccn4)c(C)cc3C)O[C@@]1(C)C2(C)C.[Pt+2]. The van der Waals surface area contributed by atoms with Gasteiger partial charge in [-0.1, -0.05) is 121 Å². The van der Waals surface area contributed by atoms with Gasteiger partial charge in [-0.25, -0.2) is 4.98 Å². The Morgan fingerprint density at radius 2 is 1.48 bits per heavy atom. The van der Waals surface area contributed by atoms with Gasteiger partial charge < -0.3 is 14.4 Å². The van der Waals surface area contributed by atoms with E-state index in [9.17, 15) is 0 Å². The Kier molecular flexibility index (Phi) is 8.74. The van der Waals surface area contributed by atoms with Crippen LogP contribution in [0.2, 0.25) is 0 Å². The van der Waals surface area contributed by atoms with E-state index in [0.717, 1.165) is 39.4 Å². The van der Waals surface area contributed by atoms with Gasteiger partial charge in [0.2, 0.25) is 0 Å². The van der Waals surface area contributed by atoms with E-state index in [1.54, 1.807) is 0 Å². The van der Waals surface area contributed by atoms with Crippen molar-refractivity contribution in [1.29, 1.82) is 0 Å². The van der Waals surface area contributed by atoms with E-state index in [0.29, 0.717) is 17.4 Å². The van der Waals surface area contributed by atoms with Crippen molar-refractivity contribution in [3.63, 3.8) is 0 Å². The zero-order valence-electron chi connectivity index (χ0n) is 33.9. The predicted octanol–water partition coefficient (Wildman–Crippen LogP) is 11.9. The standard InChI is InChI=1S/C48H51N3O2.Pt/c1-28-22-31(4)42-37(23-28)47(12)48(13,46(42,10)11)53-43(50-47)34-27-40(30(3)24-29(34)2)52-33-18-19-36-39(26-33)51(38-17-15-14-16-35(38)45(36,8)9)41-25-32(20-21-49-41)44(5,6)7;/h14-25H,1-13H3;/q-2;+2/t47-,48+;/m1./s1. The molecule has 0 saturated carbocycles. The number of aliphatic imine (C=N–C) groups is 1. The monoisotopic (exact) mass is 896 g/mol. The smallest absolute Gasteiger partial charge is 0.510 e. The van der Waals surface area contributed by atoms with Gasteiger partial charge in [0.25, 0.3) is 0 Å². The van der Waals surface area contributed by atoms with Crippen LogP contribution >= 0.6 is 0 Å². The van der Waals surface area contributed by atoms with Crippen LogP contribution in [0.4, 0.5) is 17.2 Å². The quantitative estimate of drug-likeness (QED) is 0.169. The number of fused-ring (bicyclic) bond motifs is 5. The van der Waals surface area contributed by atoms with E-state index in [1.165, 1.54) is 33.4 Å². The fourth-order valence-electron chi connectivity index (χ4n) is 9.33. The van der Waals surface area contributed by atoms with E-state index in [-0.39, 0.29) is 37.3 Å². The minimum Gasteiger partial charge on any atom is -0.510 e. The number of aryl methyl sites for hydroxylation is 4. The molecule has 4 aromatic carbocycles. The largest absolute Gasteiger partial charge is 2.00 e. The Hall–Kier alpha value is -4.21. The first-order valence-electron chi connectivity index (χ1n) is 18.8. The molecule has 0 fully saturated rings. The summed E-state index contributed by atoms with van der Waals surface area (Å²) in [7, 11) is 0. The average Bonchev–Trinajstić information content (AvgIpc) is 3.43. The third kappa shape index (κ3) is 5.35. The summed E-state index contributed by atoms with van der Waals surface area (Å²) in [6, 6.07) is 31.2. The molecule has 54 heavy (non-hydrogen) atoms. The van der Waals surface area contributed by atoms with Crippen LogP contribution < -0.4 is 9.64 Å². The van der Waals surface area contributed by atoms with Gasteiger partial charge in [-0.2, -0.15) is 6.07 Å². The Morgan fingerprint density at radius 1 is 0.759 bits per heavy atom. The fourth-order valence-corrected chi connectivity index (χ4v) is 9.33. The summed E-state index contributed by atoms with van der Waals surface area (Å²) < 4.78 is 13.8. The minimum atomic E-state index is -0.584. The second-order valence-corrected chi connectivity index (χ2v) is 17.9. The Morgan fingerprint density at radius 3 is 2.20 bits per heavy atom. The molecule has 280 valence electrons. The molecule has 5 nitrogen and oxygen atoms in total. The first kappa shape index (κ1) is 38.1. The van der Waals surface area contributed by atoms with Gasteiger partial charge >= 0.3 is 21.1 Å². The Labute approximate surface area is 336 Å². The third-order valence-electron chi connectivity index (χ3n) is 12.7. The molecular weight excluding hydrogens is 846 g/mol. The van der Waals surface area contributed by atoms with Gasteiger partial charge in [-0.3, -0.25) is 4.99 Å². The van der Waals surface area contributed by atoms with Gasteiger partial charge in [0.05, 0.1) is 0 Å². The molecule has 0 unspecified atom stereocenters. The van der Waals surface area contributed by atoms with E-state index < -0.39 is 11.1 Å². The molecule has 8 rings (SSSR count). The minimum absolute atomic E-state index is 0. The van der Waals surface area contributed by atoms with Crippen LogP contribution in [-0.4, -0.2) is 16.5 Å². The Bertz CT molecular complexity index is 2380. The molecule has 0 radical (unpaired) electrons. The number of para-hydroxylation sites is 1. The number of rotatable bonds is 4. The van der Waals surface area contributed by atoms with E-state index in [1.807, 2.05) is 12.3 Å². The van der Waals surface area contributed by atoms with E-state index in [2.05, 4.69) is 168 Å². The number of hydrogen-bond acceptors (Lipinski definition) is 5. The maximum atomic E-state index is 7.05. The summed E-state index contributed by atoms with van der Waals surface area (Å²) in [5, 5.41) is 0. The maximum Gasteiger partial charge on any atom is 2.00 e. The molecule has 6 heteroatoms. The topological polar surface area (TPSA) is 47.0 Å². The molecule has 0 bridgehead atoms. The zero-order chi connectivity index (χ0) is 38.0. The summed E-state index contributed by atoms with van der Waals surface area (Å²) in [5.41, 5.74) is 11.9. The van der Waals surface area contributed by atoms with Crippen LogP contribution in [-0.2, 0) is 47.6 Å². The van der Waals surface area contributed by atoms with Crippen LogP contribution in [0.3, 0.4) is 0 Å². The number of ether oxygens (including phenoxy) is 2. The summed E-state index contributed by atoms with van der Waals surface area (Å²) in [5.74, 6) is 2.70. The van der Waals surface area contributed by atoms with Gasteiger partial charge in [-0.05, 0) is 84.5 Å². The molecule has 2 aliphatic heterocycles. The zero-order valence-corrected chi connectivity index (χ0v) is 36.2. The number of anilines is 3. The van der Waals surface area contributed by atoms with Crippen LogP contribution in [0.25, 0.3) is 0 Å². The molecule has 0 spiro atoms. The van der Waals surface area contributed by atoms with Gasteiger partial charge in [0.1, 0.15) is 22.9 Å². The molecule has 3 heterocycles. The van der Waals surface area contributed by atoms with Crippen LogP contribution in [0.1, 0.15) is 118 Å². The summed E-state index contributed by atoms with van der Waals surface area (Å²) in [4.78, 5) is 12.6. The van der Waals surface area contributed by atoms with Crippen molar-refractivity contribution in [3.05, 3.63) is 141 Å². The summed E-state index contributed by atoms with van der Waals surface area (Å²) in [6.07, 6.45) is 1.91. The summed E-state index contributed by atoms with van der Waals surface area (Å²) in [6.45, 7) is 28.8. The van der Waals surface area contributed by atoms with Crippen molar-refractivity contribution in [1.82, 2.24) is 4.98 Å². The number of pyridine rings is 1. The number of hydrogen-bond donors (Lipinski definition) is 0. The van der Waals surface area contributed by atoms with Crippen molar-refractivity contribution in [2.75, 3.05) is 4.90 Å². The van der Waals surface area contributed by atoms with Crippen molar-refractivity contribution in [2.24, 2.45) is 4.99 Å². The molecule has 5 aromatic rings. The normalized spacial score (nSPS) is 21.6. The number of aromatic nitrogens is 1. The summed E-state index contributed by atoms with van der Waals surface area (Å²) >= 11 is 0. The second-order valence-electron chi connectivity index (χ2n) is 17.9. The first-order valence-corrected chi connectivity index (χ1v) is 18.8. The average molecular weight is 897 g/mol. The van der Waals surface area contributed by atoms with Crippen LogP contribution in [0.5, 0.6) is 11.5 Å². The molecule has 2 atom stereocenters. The maximum absolute atomic E-state index is 7.05. The predicted molar refractivity (Wildman–Crippen MR) is 216 cm³/mol. The van der Waals surface area contributed by atoms with Gasteiger partial charge in [-0.15, -0.1) is 29.3 Å². The molecular formula is C48H51N3O2Pt. The Balaban J connectivity index is 0.00000450. The third-order valence-corrected chi connectivity index (χ3v) is 12.7. The van der Waals surface area contributed by atoms with E-state index >= 15 is 0 Å². The van der Waals surface area contributed by atoms with Crippen molar-refractivity contribution < 1.29 is 30.5 Å². The van der Waals surface area contributed by atoms with Crippen molar-refractivity contribution in [2.45, 2.75) is 117 Å². The molecule has 1 aromatic heterocycles. The van der Waals surface area contributed by atoms with E-state index in [4.69, 9.17) is 19.5 Å². The second kappa shape index (κ2) is 12.4. The van der Waals surface area contributed by atoms with Crippen LogP contribution in [0, 0.1) is 39.8 Å². The molecule has 0 amide bonds.